The standard InChI is InChI=1S/C28H26O6.H2/c1-17-3-4-18(11-21(17)22-12-19(14-27(30)31)5-7-23(22)32-2)13-26(29)28(9-10-28)20-6-8-24-25(15-20)34-16-33-24;/h3-8,11-12,15H,9-10,13-14,16H2,1-2H3,(H,30,31);1H. The average molecular weight is 461 g/mol. The number of Topliss-reactive ketones (excluding diaryl/α,β-unsaturated/α-hetero) is 1. The van der Waals surface area contributed by atoms with Gasteiger partial charge in [0.05, 0.1) is 18.9 Å². The number of benzene rings is 3. The van der Waals surface area contributed by atoms with E-state index in [2.05, 4.69) is 0 Å². The molecule has 3 aromatic carbocycles. The maximum absolute atomic E-state index is 13.5. The first-order valence-corrected chi connectivity index (χ1v) is 11.3. The topological polar surface area (TPSA) is 82.1 Å². The molecule has 1 aliphatic heterocycles. The molecule has 0 atom stereocenters. The van der Waals surface area contributed by atoms with Crippen LogP contribution < -0.4 is 14.2 Å². The highest BCUT2D eigenvalue weighted by Gasteiger charge is 2.50. The van der Waals surface area contributed by atoms with Crippen LogP contribution in [0, 0.1) is 6.92 Å². The third-order valence-electron chi connectivity index (χ3n) is 6.78. The summed E-state index contributed by atoms with van der Waals surface area (Å²) in [7, 11) is 1.60. The molecule has 0 radical (unpaired) electrons. The van der Waals surface area contributed by atoms with Gasteiger partial charge >= 0.3 is 5.97 Å². The van der Waals surface area contributed by atoms with E-state index in [1.807, 2.05) is 49.4 Å². The molecule has 1 fully saturated rings. The first-order valence-electron chi connectivity index (χ1n) is 11.3. The molecule has 34 heavy (non-hydrogen) atoms. The Morgan fingerprint density at radius 1 is 0.941 bits per heavy atom. The summed E-state index contributed by atoms with van der Waals surface area (Å²) >= 11 is 0. The lowest BCUT2D eigenvalue weighted by molar-refractivity contribution is -0.136. The van der Waals surface area contributed by atoms with E-state index in [0.29, 0.717) is 29.2 Å². The van der Waals surface area contributed by atoms with Crippen molar-refractivity contribution in [1.82, 2.24) is 0 Å². The monoisotopic (exact) mass is 460 g/mol. The van der Waals surface area contributed by atoms with Crippen LogP contribution in [0.3, 0.4) is 0 Å². The summed E-state index contributed by atoms with van der Waals surface area (Å²) < 4.78 is 16.5. The summed E-state index contributed by atoms with van der Waals surface area (Å²) in [5, 5.41) is 9.20. The van der Waals surface area contributed by atoms with Gasteiger partial charge in [-0.25, -0.2) is 0 Å². The second-order valence-electron chi connectivity index (χ2n) is 9.00. The van der Waals surface area contributed by atoms with E-state index in [-0.39, 0.29) is 20.4 Å². The molecule has 2 aliphatic rings. The van der Waals surface area contributed by atoms with Gasteiger partial charge in [-0.1, -0.05) is 30.3 Å². The maximum Gasteiger partial charge on any atom is 0.307 e. The minimum Gasteiger partial charge on any atom is -0.496 e. The molecule has 3 aromatic rings. The van der Waals surface area contributed by atoms with Crippen molar-refractivity contribution in [2.24, 2.45) is 0 Å². The van der Waals surface area contributed by atoms with Crippen molar-refractivity contribution in [3.05, 3.63) is 76.9 Å². The van der Waals surface area contributed by atoms with Crippen molar-refractivity contribution in [2.45, 2.75) is 38.0 Å². The van der Waals surface area contributed by atoms with Crippen LogP contribution in [0.5, 0.6) is 17.2 Å². The molecule has 0 unspecified atom stereocenters. The molecule has 0 spiro atoms. The number of aliphatic carboxylic acids is 1. The largest absolute Gasteiger partial charge is 0.496 e. The Morgan fingerprint density at radius 3 is 2.38 bits per heavy atom. The highest BCUT2D eigenvalue weighted by molar-refractivity contribution is 5.95. The Kier molecular flexibility index (Phi) is 5.52. The third-order valence-corrected chi connectivity index (χ3v) is 6.78. The minimum absolute atomic E-state index is 0. The number of carboxylic acids is 1. The van der Waals surface area contributed by atoms with E-state index in [0.717, 1.165) is 40.7 Å². The summed E-state index contributed by atoms with van der Waals surface area (Å²) in [5.74, 6) is 1.38. The first kappa shape index (κ1) is 22.0. The number of fused-ring (bicyclic) bond motifs is 1. The predicted octanol–water partition coefficient (Wildman–Crippen LogP) is 5.12. The lowest BCUT2D eigenvalue weighted by Gasteiger charge is -2.17. The fourth-order valence-electron chi connectivity index (χ4n) is 4.72. The number of ketones is 1. The molecule has 5 rings (SSSR count). The van der Waals surface area contributed by atoms with Crippen LogP contribution in [-0.4, -0.2) is 30.8 Å². The van der Waals surface area contributed by atoms with Crippen LogP contribution >= 0.6 is 0 Å². The number of carbonyl (C=O) groups excluding carboxylic acids is 1. The van der Waals surface area contributed by atoms with Gasteiger partial charge in [-0.05, 0) is 71.8 Å². The quantitative estimate of drug-likeness (QED) is 0.503. The number of rotatable bonds is 8. The molecule has 1 N–H and O–H groups in total. The lowest BCUT2D eigenvalue weighted by atomic mass is 9.86. The maximum atomic E-state index is 13.5. The van der Waals surface area contributed by atoms with Crippen molar-refractivity contribution in [1.29, 1.82) is 0 Å². The summed E-state index contributed by atoms with van der Waals surface area (Å²) in [6.45, 7) is 2.21. The number of hydrogen-bond acceptors (Lipinski definition) is 5. The molecule has 0 bridgehead atoms. The minimum atomic E-state index is -0.884. The Morgan fingerprint density at radius 2 is 1.65 bits per heavy atom. The zero-order valence-electron chi connectivity index (χ0n) is 19.2. The second-order valence-corrected chi connectivity index (χ2v) is 9.00. The smallest absolute Gasteiger partial charge is 0.307 e. The Bertz CT molecular complexity index is 1290. The zero-order chi connectivity index (χ0) is 23.9. The molecular weight excluding hydrogens is 432 g/mol. The molecule has 176 valence electrons. The fraction of sp³-hybridized carbons (Fsp3) is 0.286. The third kappa shape index (κ3) is 4.00. The Labute approximate surface area is 199 Å². The van der Waals surface area contributed by atoms with Crippen LogP contribution in [0.2, 0.25) is 0 Å². The van der Waals surface area contributed by atoms with Gasteiger partial charge < -0.3 is 19.3 Å². The van der Waals surface area contributed by atoms with E-state index < -0.39 is 11.4 Å². The highest BCUT2D eigenvalue weighted by Crippen LogP contribution is 2.51. The van der Waals surface area contributed by atoms with Crippen molar-refractivity contribution in [3.8, 4) is 28.4 Å². The van der Waals surface area contributed by atoms with Gasteiger partial charge in [0, 0.05) is 13.4 Å². The summed E-state index contributed by atoms with van der Waals surface area (Å²) in [5.41, 5.74) is 4.92. The van der Waals surface area contributed by atoms with E-state index in [1.165, 1.54) is 0 Å². The summed E-state index contributed by atoms with van der Waals surface area (Å²) in [6.07, 6.45) is 1.91. The molecule has 1 heterocycles. The Balaban J connectivity index is 0.00000289. The van der Waals surface area contributed by atoms with Gasteiger partial charge in [0.2, 0.25) is 6.79 Å². The first-order chi connectivity index (χ1) is 16.4. The number of carboxylic acid groups (broad SMARTS) is 1. The molecule has 0 aromatic heterocycles. The molecule has 0 saturated heterocycles. The lowest BCUT2D eigenvalue weighted by Crippen LogP contribution is -2.22. The molecule has 6 nitrogen and oxygen atoms in total. The number of carbonyl (C=O) groups is 2. The molecule has 1 saturated carbocycles. The fourth-order valence-corrected chi connectivity index (χ4v) is 4.72. The molecule has 0 amide bonds. The highest BCUT2D eigenvalue weighted by atomic mass is 16.7. The van der Waals surface area contributed by atoms with E-state index in [1.54, 1.807) is 19.2 Å². The van der Waals surface area contributed by atoms with Crippen LogP contribution in [0.1, 0.15) is 36.5 Å². The van der Waals surface area contributed by atoms with E-state index >= 15 is 0 Å². The molecule has 6 heteroatoms. The van der Waals surface area contributed by atoms with Crippen molar-refractivity contribution in [3.63, 3.8) is 0 Å². The number of aryl methyl sites for hydroxylation is 1. The average Bonchev–Trinajstić information content (AvgIpc) is 3.50. The van der Waals surface area contributed by atoms with Crippen molar-refractivity contribution >= 4 is 11.8 Å². The Hall–Kier alpha value is -3.80. The number of hydrogen-bond donors (Lipinski definition) is 1. The van der Waals surface area contributed by atoms with Gasteiger partial charge in [0.25, 0.3) is 0 Å². The normalized spacial score (nSPS) is 15.1. The van der Waals surface area contributed by atoms with E-state index in [4.69, 9.17) is 14.2 Å². The SMILES string of the molecule is COc1ccc(CC(=O)O)cc1-c1cc(CC(=O)C2(c3ccc4c(c3)OCO4)CC2)ccc1C.[HH]. The van der Waals surface area contributed by atoms with Crippen molar-refractivity contribution < 1.29 is 30.3 Å². The number of ether oxygens (including phenoxy) is 3. The predicted molar refractivity (Wildman–Crippen MR) is 129 cm³/mol. The second kappa shape index (κ2) is 8.52. The van der Waals surface area contributed by atoms with Gasteiger partial charge in [0.15, 0.2) is 11.5 Å². The van der Waals surface area contributed by atoms with Crippen LogP contribution in [0.15, 0.2) is 54.6 Å². The number of methoxy groups -OCH3 is 1. The van der Waals surface area contributed by atoms with Gasteiger partial charge in [0.1, 0.15) is 11.5 Å². The van der Waals surface area contributed by atoms with Crippen LogP contribution in [0.4, 0.5) is 0 Å². The van der Waals surface area contributed by atoms with Crippen molar-refractivity contribution in [2.75, 3.05) is 13.9 Å². The van der Waals surface area contributed by atoms with Crippen LogP contribution in [-0.2, 0) is 27.8 Å². The summed E-state index contributed by atoms with van der Waals surface area (Å²) in [6, 6.07) is 17.2. The van der Waals surface area contributed by atoms with Gasteiger partial charge in [-0.15, -0.1) is 0 Å². The van der Waals surface area contributed by atoms with Gasteiger partial charge in [-0.2, -0.15) is 0 Å². The van der Waals surface area contributed by atoms with E-state index in [9.17, 15) is 14.7 Å². The molecule has 1 aliphatic carbocycles. The van der Waals surface area contributed by atoms with Crippen LogP contribution in [0.25, 0.3) is 11.1 Å². The zero-order valence-corrected chi connectivity index (χ0v) is 19.2. The van der Waals surface area contributed by atoms with Gasteiger partial charge in [-0.3, -0.25) is 9.59 Å². The molecular formula is C28H28O6. The summed E-state index contributed by atoms with van der Waals surface area (Å²) in [4.78, 5) is 24.7.